The van der Waals surface area contributed by atoms with Gasteiger partial charge in [-0.1, -0.05) is 18.2 Å². The van der Waals surface area contributed by atoms with Gasteiger partial charge >= 0.3 is 5.63 Å². The number of nitrogens with one attached hydrogen (secondary N) is 1. The zero-order valence-electron chi connectivity index (χ0n) is 18.1. The maximum atomic E-state index is 13.6. The molecule has 3 aromatic rings. The molecule has 1 heterocycles. The number of hydrogen-bond acceptors (Lipinski definition) is 4. The van der Waals surface area contributed by atoms with Gasteiger partial charge in [0.1, 0.15) is 11.4 Å². The van der Waals surface area contributed by atoms with Gasteiger partial charge < -0.3 is 14.6 Å². The van der Waals surface area contributed by atoms with E-state index in [4.69, 9.17) is 4.42 Å². The van der Waals surface area contributed by atoms with Crippen molar-refractivity contribution < 1.29 is 13.6 Å². The number of aryl methyl sites for hydroxylation is 1. The number of halogens is 1. The maximum absolute atomic E-state index is 13.6. The highest BCUT2D eigenvalue weighted by Gasteiger charge is 2.12. The Hall–Kier alpha value is -3.41. The molecule has 31 heavy (non-hydrogen) atoms. The van der Waals surface area contributed by atoms with E-state index in [0.29, 0.717) is 29.7 Å². The maximum Gasteiger partial charge on any atom is 0.343 e. The van der Waals surface area contributed by atoms with Crippen molar-refractivity contribution in [2.75, 3.05) is 24.5 Å². The van der Waals surface area contributed by atoms with Crippen LogP contribution in [-0.4, -0.2) is 25.5 Å². The Morgan fingerprint density at radius 3 is 2.61 bits per heavy atom. The van der Waals surface area contributed by atoms with E-state index < -0.39 is 5.63 Å². The van der Waals surface area contributed by atoms with Crippen LogP contribution in [0.3, 0.4) is 0 Å². The van der Waals surface area contributed by atoms with E-state index in [2.05, 4.69) is 24.1 Å². The van der Waals surface area contributed by atoms with Crippen molar-refractivity contribution in [3.63, 3.8) is 0 Å². The second-order valence-corrected chi connectivity index (χ2v) is 7.25. The number of carbonyl (C=O) groups is 1. The number of nitrogens with zero attached hydrogens (tertiary/aromatic N) is 1. The van der Waals surface area contributed by atoms with Gasteiger partial charge in [0.05, 0.1) is 5.56 Å². The largest absolute Gasteiger partial charge is 0.422 e. The van der Waals surface area contributed by atoms with E-state index in [9.17, 15) is 14.0 Å². The minimum absolute atomic E-state index is 0.291. The summed E-state index contributed by atoms with van der Waals surface area (Å²) in [4.78, 5) is 26.8. The summed E-state index contributed by atoms with van der Waals surface area (Å²) < 4.78 is 19.2. The van der Waals surface area contributed by atoms with Crippen LogP contribution in [0.25, 0.3) is 17.0 Å². The molecule has 0 aliphatic rings. The lowest BCUT2D eigenvalue weighted by Crippen LogP contribution is -2.24. The van der Waals surface area contributed by atoms with Gasteiger partial charge in [0.15, 0.2) is 0 Å². The first-order valence-corrected chi connectivity index (χ1v) is 10.5. The standard InChI is InChI=1S/C25H27FN2O3/c1-4-28(5-2)19-10-11-20-17(3)21(25(30)31-23(20)16-19)12-13-24(29)27-15-14-18-8-6-7-9-22(18)26/h6-13,16H,4-5,14-15H2,1-3H3,(H,27,29)/b13-12+. The van der Waals surface area contributed by atoms with Crippen LogP contribution in [0.1, 0.15) is 30.5 Å². The monoisotopic (exact) mass is 422 g/mol. The number of benzene rings is 2. The van der Waals surface area contributed by atoms with Gasteiger partial charge in [-0.2, -0.15) is 0 Å². The molecule has 0 saturated heterocycles. The van der Waals surface area contributed by atoms with E-state index in [1.807, 2.05) is 25.1 Å². The van der Waals surface area contributed by atoms with Gasteiger partial charge in [0, 0.05) is 42.9 Å². The van der Waals surface area contributed by atoms with E-state index in [1.54, 1.807) is 18.2 Å². The van der Waals surface area contributed by atoms with Crippen molar-refractivity contribution in [3.05, 3.63) is 81.5 Å². The second-order valence-electron chi connectivity index (χ2n) is 7.25. The average Bonchev–Trinajstić information content (AvgIpc) is 2.75. The normalized spacial score (nSPS) is 11.2. The SMILES string of the molecule is CCN(CC)c1ccc2c(C)c(/C=C/C(=O)NCCc3ccccc3F)c(=O)oc2c1. The molecule has 1 N–H and O–H groups in total. The molecule has 1 aromatic heterocycles. The quantitative estimate of drug-likeness (QED) is 0.430. The van der Waals surface area contributed by atoms with Crippen molar-refractivity contribution in [3.8, 4) is 0 Å². The van der Waals surface area contributed by atoms with Gasteiger partial charge in [0.25, 0.3) is 0 Å². The second kappa shape index (κ2) is 10.1. The van der Waals surface area contributed by atoms with Crippen molar-refractivity contribution in [2.45, 2.75) is 27.2 Å². The van der Waals surface area contributed by atoms with E-state index in [1.165, 1.54) is 18.2 Å². The molecule has 0 unspecified atom stereocenters. The lowest BCUT2D eigenvalue weighted by Gasteiger charge is -2.21. The van der Waals surface area contributed by atoms with E-state index in [0.717, 1.165) is 29.7 Å². The molecule has 0 atom stereocenters. The van der Waals surface area contributed by atoms with Crippen LogP contribution in [0.15, 0.2) is 57.8 Å². The van der Waals surface area contributed by atoms with Crippen LogP contribution in [0.2, 0.25) is 0 Å². The first-order chi connectivity index (χ1) is 14.9. The molecule has 162 valence electrons. The molecule has 6 heteroatoms. The third-order valence-electron chi connectivity index (χ3n) is 5.38. The highest BCUT2D eigenvalue weighted by Crippen LogP contribution is 2.25. The van der Waals surface area contributed by atoms with Gasteiger partial charge in [-0.25, -0.2) is 9.18 Å². The molecule has 0 spiro atoms. The number of carbonyl (C=O) groups excluding carboxylic acids is 1. The van der Waals surface area contributed by atoms with E-state index in [-0.39, 0.29) is 11.7 Å². The molecule has 0 aliphatic heterocycles. The highest BCUT2D eigenvalue weighted by molar-refractivity contribution is 5.93. The first kappa shape index (κ1) is 22.3. The number of anilines is 1. The Labute approximate surface area is 181 Å². The highest BCUT2D eigenvalue weighted by atomic mass is 19.1. The third kappa shape index (κ3) is 5.20. The van der Waals surface area contributed by atoms with Gasteiger partial charge in [-0.15, -0.1) is 0 Å². The van der Waals surface area contributed by atoms with Gasteiger partial charge in [0.2, 0.25) is 5.91 Å². The van der Waals surface area contributed by atoms with Crippen LogP contribution in [-0.2, 0) is 11.2 Å². The number of hydrogen-bond donors (Lipinski definition) is 1. The molecular weight excluding hydrogens is 395 g/mol. The summed E-state index contributed by atoms with van der Waals surface area (Å²) >= 11 is 0. The lowest BCUT2D eigenvalue weighted by atomic mass is 10.0. The third-order valence-corrected chi connectivity index (χ3v) is 5.38. The summed E-state index contributed by atoms with van der Waals surface area (Å²) in [6.07, 6.45) is 3.16. The molecule has 3 rings (SSSR count). The molecule has 0 bridgehead atoms. The minimum atomic E-state index is -0.489. The predicted octanol–water partition coefficient (Wildman–Crippen LogP) is 4.46. The Morgan fingerprint density at radius 1 is 1.16 bits per heavy atom. The fourth-order valence-electron chi connectivity index (χ4n) is 3.58. The van der Waals surface area contributed by atoms with Crippen LogP contribution >= 0.6 is 0 Å². The summed E-state index contributed by atoms with van der Waals surface area (Å²) in [7, 11) is 0. The van der Waals surface area contributed by atoms with Crippen LogP contribution in [0, 0.1) is 12.7 Å². The molecule has 2 aromatic carbocycles. The summed E-state index contributed by atoms with van der Waals surface area (Å²) in [5.41, 5.74) is 2.68. The number of rotatable bonds is 8. The molecule has 0 radical (unpaired) electrons. The zero-order chi connectivity index (χ0) is 22.4. The van der Waals surface area contributed by atoms with Crippen molar-refractivity contribution in [1.82, 2.24) is 5.32 Å². The van der Waals surface area contributed by atoms with Gasteiger partial charge in [-0.05, 0) is 62.6 Å². The van der Waals surface area contributed by atoms with Crippen LogP contribution in [0.5, 0.6) is 0 Å². The predicted molar refractivity (Wildman–Crippen MR) is 123 cm³/mol. The molecule has 0 saturated carbocycles. The lowest BCUT2D eigenvalue weighted by molar-refractivity contribution is -0.116. The topological polar surface area (TPSA) is 62.6 Å². The minimum Gasteiger partial charge on any atom is -0.422 e. The van der Waals surface area contributed by atoms with Crippen molar-refractivity contribution >= 4 is 28.6 Å². The number of fused-ring (bicyclic) bond motifs is 1. The molecule has 1 amide bonds. The zero-order valence-corrected chi connectivity index (χ0v) is 18.1. The fourth-order valence-corrected chi connectivity index (χ4v) is 3.58. The van der Waals surface area contributed by atoms with Gasteiger partial charge in [-0.3, -0.25) is 4.79 Å². The van der Waals surface area contributed by atoms with Crippen LogP contribution < -0.4 is 15.8 Å². The fraction of sp³-hybridized carbons (Fsp3) is 0.280. The first-order valence-electron chi connectivity index (χ1n) is 10.5. The Morgan fingerprint density at radius 2 is 1.90 bits per heavy atom. The smallest absolute Gasteiger partial charge is 0.343 e. The van der Waals surface area contributed by atoms with E-state index >= 15 is 0 Å². The molecule has 0 fully saturated rings. The Bertz CT molecular complexity index is 1160. The van der Waals surface area contributed by atoms with Crippen LogP contribution in [0.4, 0.5) is 10.1 Å². The van der Waals surface area contributed by atoms with Crippen molar-refractivity contribution in [1.29, 1.82) is 0 Å². The molecule has 0 aliphatic carbocycles. The Kier molecular flexibility index (Phi) is 7.23. The Balaban J connectivity index is 1.73. The summed E-state index contributed by atoms with van der Waals surface area (Å²) in [5, 5.41) is 3.54. The molecular formula is C25H27FN2O3. The number of amides is 1. The summed E-state index contributed by atoms with van der Waals surface area (Å²) in [6, 6.07) is 12.3. The summed E-state index contributed by atoms with van der Waals surface area (Å²) in [6.45, 7) is 8.00. The van der Waals surface area contributed by atoms with Crippen molar-refractivity contribution in [2.24, 2.45) is 0 Å². The molecule has 5 nitrogen and oxygen atoms in total. The average molecular weight is 423 g/mol. The summed E-state index contributed by atoms with van der Waals surface area (Å²) in [5.74, 6) is -0.645.